The Labute approximate surface area is 121 Å². The third kappa shape index (κ3) is 2.87. The minimum absolute atomic E-state index is 0.544. The summed E-state index contributed by atoms with van der Waals surface area (Å²) in [6.45, 7) is 2.36. The van der Waals surface area contributed by atoms with Crippen molar-refractivity contribution in [2.75, 3.05) is 5.32 Å². The topological polar surface area (TPSA) is 29.9 Å². The summed E-state index contributed by atoms with van der Waals surface area (Å²) in [5.74, 6) is 1.69. The van der Waals surface area contributed by atoms with Crippen molar-refractivity contribution in [1.82, 2.24) is 9.55 Å². The van der Waals surface area contributed by atoms with E-state index in [1.165, 1.54) is 32.1 Å². The van der Waals surface area contributed by atoms with Gasteiger partial charge in [0.15, 0.2) is 0 Å². The van der Waals surface area contributed by atoms with Crippen LogP contribution < -0.4 is 5.32 Å². The first-order chi connectivity index (χ1) is 9.84. The zero-order chi connectivity index (χ0) is 13.8. The molecule has 0 bridgehead atoms. The molecule has 1 fully saturated rings. The second-order valence-electron chi connectivity index (χ2n) is 5.82. The lowest BCUT2D eigenvalue weighted by molar-refractivity contribution is 0.454. The molecule has 106 valence electrons. The Bertz CT molecular complexity index is 532. The number of rotatable bonds is 3. The van der Waals surface area contributed by atoms with Crippen molar-refractivity contribution >= 4 is 5.95 Å². The summed E-state index contributed by atoms with van der Waals surface area (Å²) in [6, 6.07) is 10.9. The Morgan fingerprint density at radius 2 is 1.90 bits per heavy atom. The van der Waals surface area contributed by atoms with Gasteiger partial charge in [0.05, 0.1) is 0 Å². The molecule has 1 aromatic carbocycles. The first-order valence-electron chi connectivity index (χ1n) is 7.70. The van der Waals surface area contributed by atoms with E-state index in [0.717, 1.165) is 17.6 Å². The molecule has 1 heterocycles. The second-order valence-corrected chi connectivity index (χ2v) is 5.82. The van der Waals surface area contributed by atoms with Gasteiger partial charge in [0.2, 0.25) is 5.95 Å². The highest BCUT2D eigenvalue weighted by molar-refractivity contribution is 5.42. The van der Waals surface area contributed by atoms with Gasteiger partial charge >= 0.3 is 0 Å². The first kappa shape index (κ1) is 13.2. The smallest absolute Gasteiger partial charge is 0.207 e. The van der Waals surface area contributed by atoms with Gasteiger partial charge < -0.3 is 5.32 Å². The van der Waals surface area contributed by atoms with E-state index in [4.69, 9.17) is 0 Å². The van der Waals surface area contributed by atoms with E-state index in [1.807, 2.05) is 18.5 Å². The lowest BCUT2D eigenvalue weighted by Gasteiger charge is -2.23. The van der Waals surface area contributed by atoms with E-state index in [2.05, 4.69) is 46.1 Å². The van der Waals surface area contributed by atoms with Crippen LogP contribution in [0, 0.1) is 5.92 Å². The second kappa shape index (κ2) is 6.12. The number of aromatic nitrogens is 2. The van der Waals surface area contributed by atoms with Crippen molar-refractivity contribution in [3.05, 3.63) is 42.7 Å². The molecule has 0 saturated heterocycles. The van der Waals surface area contributed by atoms with Crippen molar-refractivity contribution in [3.63, 3.8) is 0 Å². The Morgan fingerprint density at radius 1 is 1.10 bits per heavy atom. The summed E-state index contributed by atoms with van der Waals surface area (Å²) in [5, 5.41) is 3.67. The minimum Gasteiger partial charge on any atom is -0.352 e. The number of imidazole rings is 1. The van der Waals surface area contributed by atoms with Crippen LogP contribution in [0.2, 0.25) is 0 Å². The molecule has 1 aliphatic rings. The molecule has 2 aromatic rings. The summed E-state index contributed by atoms with van der Waals surface area (Å²) < 4.78 is 2.14. The van der Waals surface area contributed by atoms with Crippen molar-refractivity contribution in [2.45, 2.75) is 45.1 Å². The molecule has 1 aromatic heterocycles. The largest absolute Gasteiger partial charge is 0.352 e. The van der Waals surface area contributed by atoms with Crippen LogP contribution in [0.5, 0.6) is 0 Å². The minimum atomic E-state index is 0.544. The summed E-state index contributed by atoms with van der Waals surface area (Å²) in [5.41, 5.74) is 1.16. The van der Waals surface area contributed by atoms with Gasteiger partial charge in [-0.15, -0.1) is 0 Å². The van der Waals surface area contributed by atoms with E-state index in [0.29, 0.717) is 6.04 Å². The molecule has 3 nitrogen and oxygen atoms in total. The first-order valence-corrected chi connectivity index (χ1v) is 7.70. The predicted octanol–water partition coefficient (Wildman–Crippen LogP) is 4.25. The van der Waals surface area contributed by atoms with Crippen LogP contribution in [0.15, 0.2) is 42.7 Å². The Kier molecular flexibility index (Phi) is 4.05. The highest BCUT2D eigenvalue weighted by Gasteiger charge is 2.21. The Morgan fingerprint density at radius 3 is 2.75 bits per heavy atom. The van der Waals surface area contributed by atoms with Crippen LogP contribution in [-0.2, 0) is 0 Å². The van der Waals surface area contributed by atoms with Gasteiger partial charge in [-0.05, 0) is 30.9 Å². The number of hydrogen-bond donors (Lipinski definition) is 1. The lowest BCUT2D eigenvalue weighted by atomic mass is 9.97. The summed E-state index contributed by atoms with van der Waals surface area (Å²) in [4.78, 5) is 4.50. The van der Waals surface area contributed by atoms with Crippen LogP contribution in [-0.4, -0.2) is 15.6 Å². The fourth-order valence-electron chi connectivity index (χ4n) is 3.08. The fraction of sp³-hybridized carbons (Fsp3) is 0.471. The van der Waals surface area contributed by atoms with Gasteiger partial charge in [-0.1, -0.05) is 44.4 Å². The van der Waals surface area contributed by atoms with Crippen LogP contribution >= 0.6 is 0 Å². The number of nitrogens with zero attached hydrogens (tertiary/aromatic N) is 2. The van der Waals surface area contributed by atoms with Crippen LogP contribution in [0.3, 0.4) is 0 Å². The number of para-hydroxylation sites is 1. The van der Waals surface area contributed by atoms with Crippen molar-refractivity contribution in [1.29, 1.82) is 0 Å². The monoisotopic (exact) mass is 269 g/mol. The van der Waals surface area contributed by atoms with Gasteiger partial charge in [-0.25, -0.2) is 4.98 Å². The molecule has 3 heteroatoms. The third-order valence-corrected chi connectivity index (χ3v) is 4.35. The van der Waals surface area contributed by atoms with E-state index < -0.39 is 0 Å². The highest BCUT2D eigenvalue weighted by Crippen LogP contribution is 2.26. The molecular formula is C17H23N3. The molecular weight excluding hydrogens is 246 g/mol. The molecule has 2 unspecified atom stereocenters. The van der Waals surface area contributed by atoms with E-state index in [-0.39, 0.29) is 0 Å². The summed E-state index contributed by atoms with van der Waals surface area (Å²) >= 11 is 0. The maximum absolute atomic E-state index is 4.50. The fourth-order valence-corrected chi connectivity index (χ4v) is 3.08. The number of nitrogens with one attached hydrogen (secondary N) is 1. The van der Waals surface area contributed by atoms with E-state index in [9.17, 15) is 0 Å². The third-order valence-electron chi connectivity index (χ3n) is 4.35. The average Bonchev–Trinajstić information content (AvgIpc) is 2.85. The number of benzene rings is 1. The number of anilines is 1. The zero-order valence-corrected chi connectivity index (χ0v) is 12.1. The summed E-state index contributed by atoms with van der Waals surface area (Å²) in [6.07, 6.45) is 10.5. The van der Waals surface area contributed by atoms with Gasteiger partial charge in [-0.3, -0.25) is 4.57 Å². The lowest BCUT2D eigenvalue weighted by Crippen LogP contribution is -2.27. The van der Waals surface area contributed by atoms with Gasteiger partial charge in [0.25, 0.3) is 0 Å². The highest BCUT2D eigenvalue weighted by atomic mass is 15.2. The Balaban J connectivity index is 1.80. The SMILES string of the molecule is CC1CCCCCC1Nc1nccn1-c1ccccc1. The van der Waals surface area contributed by atoms with Crippen LogP contribution in [0.1, 0.15) is 39.0 Å². The Hall–Kier alpha value is -1.77. The van der Waals surface area contributed by atoms with Crippen LogP contribution in [0.25, 0.3) is 5.69 Å². The molecule has 20 heavy (non-hydrogen) atoms. The normalized spacial score (nSPS) is 23.2. The molecule has 0 radical (unpaired) electrons. The quantitative estimate of drug-likeness (QED) is 0.844. The molecule has 1 N–H and O–H groups in total. The summed E-state index contributed by atoms with van der Waals surface area (Å²) in [7, 11) is 0. The van der Waals surface area contributed by atoms with Gasteiger partial charge in [-0.2, -0.15) is 0 Å². The zero-order valence-electron chi connectivity index (χ0n) is 12.1. The molecule has 0 spiro atoms. The molecule has 1 saturated carbocycles. The molecule has 3 rings (SSSR count). The molecule has 2 atom stereocenters. The van der Waals surface area contributed by atoms with Crippen molar-refractivity contribution in [3.8, 4) is 5.69 Å². The molecule has 0 aliphatic heterocycles. The van der Waals surface area contributed by atoms with Gasteiger partial charge in [0, 0.05) is 24.1 Å². The van der Waals surface area contributed by atoms with Crippen LogP contribution in [0.4, 0.5) is 5.95 Å². The maximum Gasteiger partial charge on any atom is 0.207 e. The number of hydrogen-bond acceptors (Lipinski definition) is 2. The van der Waals surface area contributed by atoms with Crippen molar-refractivity contribution in [2.24, 2.45) is 5.92 Å². The molecule has 0 amide bonds. The van der Waals surface area contributed by atoms with E-state index in [1.54, 1.807) is 0 Å². The maximum atomic E-state index is 4.50. The van der Waals surface area contributed by atoms with Crippen molar-refractivity contribution < 1.29 is 0 Å². The molecule has 1 aliphatic carbocycles. The average molecular weight is 269 g/mol. The standard InChI is InChI=1S/C17H23N3/c1-14-8-4-2-7-11-16(14)19-17-18-12-13-20(17)15-9-5-3-6-10-15/h3,5-6,9-10,12-14,16H,2,4,7-8,11H2,1H3,(H,18,19). The van der Waals surface area contributed by atoms with Gasteiger partial charge in [0.1, 0.15) is 0 Å². The van der Waals surface area contributed by atoms with E-state index >= 15 is 0 Å². The predicted molar refractivity (Wildman–Crippen MR) is 83.2 cm³/mol.